The predicted molar refractivity (Wildman–Crippen MR) is 73.3 cm³/mol. The van der Waals surface area contributed by atoms with E-state index in [9.17, 15) is 0 Å². The minimum absolute atomic E-state index is 0.237. The van der Waals surface area contributed by atoms with E-state index in [1.807, 2.05) is 43.3 Å². The van der Waals surface area contributed by atoms with Crippen LogP contribution in [-0.4, -0.2) is 23.3 Å². The molecule has 0 saturated carbocycles. The molecule has 3 heteroatoms. The molecule has 80 valence electrons. The molecule has 1 unspecified atom stereocenters. The van der Waals surface area contributed by atoms with Crippen molar-refractivity contribution in [2.24, 2.45) is 0 Å². The quantitative estimate of drug-likeness (QED) is 0.585. The van der Waals surface area contributed by atoms with Crippen LogP contribution in [0.25, 0.3) is 0 Å². The maximum atomic E-state index is 5.26. The number of nitrogens with zero attached hydrogens (tertiary/aromatic N) is 1. The summed E-state index contributed by atoms with van der Waals surface area (Å²) in [4.78, 5) is 1.94. The summed E-state index contributed by atoms with van der Waals surface area (Å²) in [5, 5.41) is 0.237. The number of hydrogen-bond donors (Lipinski definition) is 0. The van der Waals surface area contributed by atoms with Crippen molar-refractivity contribution in [1.82, 2.24) is 4.90 Å². The highest BCUT2D eigenvalue weighted by Crippen LogP contribution is 2.31. The first-order valence-electron chi connectivity index (χ1n) is 4.70. The van der Waals surface area contributed by atoms with Crippen LogP contribution in [-0.2, 0) is 0 Å². The molecule has 0 fully saturated rings. The Morgan fingerprint density at radius 2 is 2.00 bits per heavy atom. The third-order valence-corrected chi connectivity index (χ3v) is 3.87. The Kier molecular flexibility index (Phi) is 4.85. The zero-order valence-corrected chi connectivity index (χ0v) is 10.6. The van der Waals surface area contributed by atoms with Crippen molar-refractivity contribution >= 4 is 28.3 Å². The Bertz CT molecular complexity index is 333. The van der Waals surface area contributed by atoms with E-state index < -0.39 is 0 Å². The first-order valence-corrected chi connectivity index (χ1v) is 5.99. The van der Waals surface area contributed by atoms with Crippen LogP contribution in [0.5, 0.6) is 0 Å². The first-order chi connectivity index (χ1) is 7.15. The van der Waals surface area contributed by atoms with Gasteiger partial charge in [0.2, 0.25) is 0 Å². The van der Waals surface area contributed by atoms with E-state index in [-0.39, 0.29) is 5.25 Å². The molecule has 0 heterocycles. The van der Waals surface area contributed by atoms with Crippen LogP contribution in [0.15, 0.2) is 43.0 Å². The lowest BCUT2D eigenvalue weighted by Crippen LogP contribution is -2.17. The van der Waals surface area contributed by atoms with Crippen molar-refractivity contribution in [2.75, 3.05) is 14.1 Å². The Hall–Kier alpha value is -0.800. The predicted octanol–water partition coefficient (Wildman–Crippen LogP) is 3.49. The maximum absolute atomic E-state index is 5.26. The van der Waals surface area contributed by atoms with Gasteiger partial charge in [0.1, 0.15) is 4.32 Å². The van der Waals surface area contributed by atoms with Crippen molar-refractivity contribution in [3.05, 3.63) is 48.6 Å². The van der Waals surface area contributed by atoms with Crippen molar-refractivity contribution in [2.45, 2.75) is 5.25 Å². The normalized spacial score (nSPS) is 11.9. The highest BCUT2D eigenvalue weighted by molar-refractivity contribution is 8.23. The van der Waals surface area contributed by atoms with E-state index in [1.165, 1.54) is 5.56 Å². The highest BCUT2D eigenvalue weighted by atomic mass is 32.2. The molecule has 0 N–H and O–H groups in total. The fourth-order valence-electron chi connectivity index (χ4n) is 1.11. The molecule has 0 amide bonds. The van der Waals surface area contributed by atoms with Gasteiger partial charge in [-0.25, -0.2) is 0 Å². The van der Waals surface area contributed by atoms with Crippen LogP contribution in [0.1, 0.15) is 10.8 Å². The van der Waals surface area contributed by atoms with Gasteiger partial charge < -0.3 is 4.90 Å². The van der Waals surface area contributed by atoms with Crippen LogP contribution in [0, 0.1) is 0 Å². The molecule has 0 spiro atoms. The zero-order chi connectivity index (χ0) is 11.3. The summed E-state index contributed by atoms with van der Waals surface area (Å²) in [7, 11) is 3.92. The number of hydrogen-bond acceptors (Lipinski definition) is 2. The number of thioether (sulfide) groups is 1. The van der Waals surface area contributed by atoms with Crippen molar-refractivity contribution in [3.63, 3.8) is 0 Å². The molecule has 0 aliphatic rings. The average Bonchev–Trinajstić information content (AvgIpc) is 2.26. The second-order valence-electron chi connectivity index (χ2n) is 3.35. The van der Waals surface area contributed by atoms with E-state index in [0.29, 0.717) is 0 Å². The van der Waals surface area contributed by atoms with Crippen LogP contribution in [0.4, 0.5) is 0 Å². The molecule has 0 bridgehead atoms. The van der Waals surface area contributed by atoms with Gasteiger partial charge in [0.05, 0.1) is 5.25 Å². The largest absolute Gasteiger partial charge is 0.364 e. The molecule has 0 aliphatic carbocycles. The maximum Gasteiger partial charge on any atom is 0.136 e. The van der Waals surface area contributed by atoms with Crippen LogP contribution in [0.3, 0.4) is 0 Å². The Morgan fingerprint density at radius 3 is 2.47 bits per heavy atom. The lowest BCUT2D eigenvalue weighted by atomic mass is 10.1. The fraction of sp³-hybridized carbons (Fsp3) is 0.250. The lowest BCUT2D eigenvalue weighted by molar-refractivity contribution is 0.647. The van der Waals surface area contributed by atoms with Crippen molar-refractivity contribution in [1.29, 1.82) is 0 Å². The SMILES string of the molecule is C=CC(SC(=S)N(C)C)c1ccccc1. The van der Waals surface area contributed by atoms with Crippen LogP contribution >= 0.6 is 24.0 Å². The molecule has 0 radical (unpaired) electrons. The summed E-state index contributed by atoms with van der Waals surface area (Å²) in [5.74, 6) is 0. The van der Waals surface area contributed by atoms with Crippen molar-refractivity contribution < 1.29 is 0 Å². The first kappa shape index (κ1) is 12.3. The van der Waals surface area contributed by atoms with Crippen LogP contribution < -0.4 is 0 Å². The van der Waals surface area contributed by atoms with Gasteiger partial charge in [-0.05, 0) is 5.56 Å². The van der Waals surface area contributed by atoms with E-state index in [2.05, 4.69) is 18.7 Å². The van der Waals surface area contributed by atoms with E-state index in [1.54, 1.807) is 11.8 Å². The Balaban J connectivity index is 2.73. The molecule has 0 aliphatic heterocycles. The van der Waals surface area contributed by atoms with Gasteiger partial charge in [-0.15, -0.1) is 6.58 Å². The van der Waals surface area contributed by atoms with Crippen LogP contribution in [0.2, 0.25) is 0 Å². The standard InChI is InChI=1S/C12H15NS2/c1-4-11(15-12(14)13(2)3)10-8-6-5-7-9-10/h4-9,11H,1H2,2-3H3. The third-order valence-electron chi connectivity index (χ3n) is 1.94. The van der Waals surface area contributed by atoms with E-state index >= 15 is 0 Å². The van der Waals surface area contributed by atoms with E-state index in [0.717, 1.165) is 4.32 Å². The second-order valence-corrected chi connectivity index (χ2v) is 5.12. The van der Waals surface area contributed by atoms with Gasteiger partial charge in [0, 0.05) is 14.1 Å². The number of thiocarbonyl (C=S) groups is 1. The van der Waals surface area contributed by atoms with Gasteiger partial charge in [0.15, 0.2) is 0 Å². The van der Waals surface area contributed by atoms with Gasteiger partial charge in [0.25, 0.3) is 0 Å². The summed E-state index contributed by atoms with van der Waals surface area (Å²) >= 11 is 6.91. The van der Waals surface area contributed by atoms with Crippen molar-refractivity contribution in [3.8, 4) is 0 Å². The molecular weight excluding hydrogens is 222 g/mol. The molecule has 1 nitrogen and oxygen atoms in total. The molecule has 1 aromatic carbocycles. The van der Waals surface area contributed by atoms with E-state index in [4.69, 9.17) is 12.2 Å². The number of rotatable bonds is 3. The van der Waals surface area contributed by atoms with Gasteiger partial charge in [-0.3, -0.25) is 0 Å². The minimum Gasteiger partial charge on any atom is -0.364 e. The Labute approximate surface area is 101 Å². The van der Waals surface area contributed by atoms with Gasteiger partial charge in [-0.1, -0.05) is 60.4 Å². The molecule has 1 atom stereocenters. The molecule has 0 aromatic heterocycles. The molecule has 0 saturated heterocycles. The lowest BCUT2D eigenvalue weighted by Gasteiger charge is -2.17. The molecular formula is C12H15NS2. The minimum atomic E-state index is 0.237. The summed E-state index contributed by atoms with van der Waals surface area (Å²) in [6.45, 7) is 3.85. The van der Waals surface area contributed by atoms with Gasteiger partial charge in [-0.2, -0.15) is 0 Å². The third kappa shape index (κ3) is 3.68. The molecule has 1 rings (SSSR count). The average molecular weight is 237 g/mol. The summed E-state index contributed by atoms with van der Waals surface area (Å²) < 4.78 is 0.878. The fourth-order valence-corrected chi connectivity index (χ4v) is 2.24. The zero-order valence-electron chi connectivity index (χ0n) is 9.01. The molecule has 15 heavy (non-hydrogen) atoms. The monoisotopic (exact) mass is 237 g/mol. The number of benzene rings is 1. The summed E-state index contributed by atoms with van der Waals surface area (Å²) in [6, 6.07) is 10.3. The summed E-state index contributed by atoms with van der Waals surface area (Å²) in [6.07, 6.45) is 1.93. The van der Waals surface area contributed by atoms with Gasteiger partial charge >= 0.3 is 0 Å². The second kappa shape index (κ2) is 5.93. The highest BCUT2D eigenvalue weighted by Gasteiger charge is 2.11. The Morgan fingerprint density at radius 1 is 1.40 bits per heavy atom. The summed E-state index contributed by atoms with van der Waals surface area (Å²) in [5.41, 5.74) is 1.24. The smallest absolute Gasteiger partial charge is 0.136 e. The topological polar surface area (TPSA) is 3.24 Å². The molecule has 1 aromatic rings.